The van der Waals surface area contributed by atoms with Gasteiger partial charge in [-0.3, -0.25) is 24.2 Å². The molecule has 0 spiro atoms. The average molecular weight is 521 g/mol. The molecule has 3 fully saturated rings. The number of ether oxygens (including phenoxy) is 2. The standard InChI is InChI=1S/C28H32N4O6/c33-24-17-22(28(38-24)37-18-19-9-3-1-4-10-19)30-26(35)23-14-8-16-31-15-7-13-21(27(36)32(23)31)29-25(34)20-11-5-2-6-12-20/h1-6,9-12,21-23,28H,7-8,13-18H2,(H,29,34)(H,30,35)/t21-,22-,23-,28?/m0/s1. The third-order valence-corrected chi connectivity index (χ3v) is 7.12. The van der Waals surface area contributed by atoms with Crippen LogP contribution in [-0.2, 0) is 30.5 Å². The number of amides is 3. The number of benzene rings is 2. The Morgan fingerprint density at radius 3 is 2.34 bits per heavy atom. The predicted octanol–water partition coefficient (Wildman–Crippen LogP) is 1.76. The first-order valence-corrected chi connectivity index (χ1v) is 13.1. The maximum Gasteiger partial charge on any atom is 0.310 e. The molecule has 2 N–H and O–H groups in total. The second kappa shape index (κ2) is 11.7. The van der Waals surface area contributed by atoms with Crippen molar-refractivity contribution < 1.29 is 28.7 Å². The molecule has 3 saturated heterocycles. The molecule has 10 nitrogen and oxygen atoms in total. The molecule has 0 saturated carbocycles. The monoisotopic (exact) mass is 520 g/mol. The molecule has 0 aliphatic carbocycles. The zero-order chi connectivity index (χ0) is 26.5. The van der Waals surface area contributed by atoms with Crippen LogP contribution in [0.25, 0.3) is 0 Å². The van der Waals surface area contributed by atoms with E-state index in [2.05, 4.69) is 10.6 Å². The van der Waals surface area contributed by atoms with Crippen LogP contribution < -0.4 is 10.6 Å². The lowest BCUT2D eigenvalue weighted by Gasteiger charge is -2.43. The van der Waals surface area contributed by atoms with E-state index in [9.17, 15) is 19.2 Å². The van der Waals surface area contributed by atoms with Gasteiger partial charge in [-0.05, 0) is 43.4 Å². The van der Waals surface area contributed by atoms with Gasteiger partial charge in [0.1, 0.15) is 18.1 Å². The summed E-state index contributed by atoms with van der Waals surface area (Å²) in [5, 5.41) is 9.19. The maximum absolute atomic E-state index is 13.7. The largest absolute Gasteiger partial charge is 0.433 e. The van der Waals surface area contributed by atoms with Crippen molar-refractivity contribution in [3.8, 4) is 0 Å². The highest BCUT2D eigenvalue weighted by atomic mass is 16.7. The minimum atomic E-state index is -0.913. The third kappa shape index (κ3) is 5.87. The SMILES string of the molecule is O=C1C[C@H](NC(=O)[C@@H]2CCCN3CCC[C@H](NC(=O)c4ccccc4)C(=O)N23)C(OCc2ccccc2)O1. The van der Waals surface area contributed by atoms with Crippen molar-refractivity contribution in [2.45, 2.75) is 63.1 Å². The zero-order valence-electron chi connectivity index (χ0n) is 21.1. The minimum Gasteiger partial charge on any atom is -0.433 e. The lowest BCUT2D eigenvalue weighted by atomic mass is 10.0. The lowest BCUT2D eigenvalue weighted by molar-refractivity contribution is -0.171. The summed E-state index contributed by atoms with van der Waals surface area (Å²) in [7, 11) is 0. The van der Waals surface area contributed by atoms with Crippen LogP contribution in [0.4, 0.5) is 0 Å². The van der Waals surface area contributed by atoms with Gasteiger partial charge in [-0.15, -0.1) is 0 Å². The predicted molar refractivity (Wildman–Crippen MR) is 136 cm³/mol. The van der Waals surface area contributed by atoms with Crippen LogP contribution in [-0.4, -0.2) is 71.2 Å². The molecule has 200 valence electrons. The number of cyclic esters (lactones) is 1. The normalized spacial score (nSPS) is 25.7. The van der Waals surface area contributed by atoms with Gasteiger partial charge in [-0.1, -0.05) is 48.5 Å². The smallest absolute Gasteiger partial charge is 0.310 e. The molecule has 5 rings (SSSR count). The molecule has 2 aromatic rings. The summed E-state index contributed by atoms with van der Waals surface area (Å²) in [4.78, 5) is 52.0. The molecule has 1 unspecified atom stereocenters. The highest BCUT2D eigenvalue weighted by molar-refractivity contribution is 5.98. The van der Waals surface area contributed by atoms with Gasteiger partial charge in [0.15, 0.2) is 0 Å². The summed E-state index contributed by atoms with van der Waals surface area (Å²) in [5.74, 6) is -1.44. The van der Waals surface area contributed by atoms with E-state index in [-0.39, 0.29) is 30.7 Å². The molecule has 3 heterocycles. The number of hydrogen-bond donors (Lipinski definition) is 2. The molecule has 4 atom stereocenters. The number of rotatable bonds is 7. The van der Waals surface area contributed by atoms with Gasteiger partial charge in [0.05, 0.1) is 13.0 Å². The van der Waals surface area contributed by atoms with E-state index < -0.39 is 30.4 Å². The molecule has 3 aliphatic rings. The van der Waals surface area contributed by atoms with E-state index in [1.54, 1.807) is 24.3 Å². The average Bonchev–Trinajstić information content (AvgIpc) is 3.21. The van der Waals surface area contributed by atoms with Crippen LogP contribution in [0, 0.1) is 0 Å². The number of carbonyl (C=O) groups excluding carboxylic acids is 4. The Morgan fingerprint density at radius 1 is 0.921 bits per heavy atom. The zero-order valence-corrected chi connectivity index (χ0v) is 21.1. The first-order chi connectivity index (χ1) is 18.5. The molecular weight excluding hydrogens is 488 g/mol. The van der Waals surface area contributed by atoms with E-state index in [0.717, 1.165) is 12.0 Å². The van der Waals surface area contributed by atoms with Crippen molar-refractivity contribution in [1.29, 1.82) is 0 Å². The Kier molecular flexibility index (Phi) is 8.00. The maximum atomic E-state index is 13.7. The number of carbonyl (C=O) groups is 4. The number of hydrazine groups is 1. The first-order valence-electron chi connectivity index (χ1n) is 13.1. The Hall–Kier alpha value is -3.76. The van der Waals surface area contributed by atoms with Crippen molar-refractivity contribution in [2.24, 2.45) is 0 Å². The van der Waals surface area contributed by atoms with E-state index in [0.29, 0.717) is 37.9 Å². The summed E-state index contributed by atoms with van der Waals surface area (Å²) in [6.45, 7) is 1.50. The van der Waals surface area contributed by atoms with Gasteiger partial charge in [0.25, 0.3) is 11.8 Å². The Bertz CT molecular complexity index is 1160. The first kappa shape index (κ1) is 25.9. The summed E-state index contributed by atoms with van der Waals surface area (Å²) in [5.41, 5.74) is 1.39. The van der Waals surface area contributed by atoms with Crippen molar-refractivity contribution in [3.63, 3.8) is 0 Å². The van der Waals surface area contributed by atoms with Gasteiger partial charge in [0.2, 0.25) is 12.2 Å². The van der Waals surface area contributed by atoms with E-state index in [1.165, 1.54) is 5.01 Å². The van der Waals surface area contributed by atoms with Gasteiger partial charge < -0.3 is 20.1 Å². The Labute approximate surface area is 221 Å². The molecule has 3 amide bonds. The van der Waals surface area contributed by atoms with Gasteiger partial charge >= 0.3 is 5.97 Å². The van der Waals surface area contributed by atoms with Crippen LogP contribution in [0.15, 0.2) is 60.7 Å². The third-order valence-electron chi connectivity index (χ3n) is 7.12. The second-order valence-corrected chi connectivity index (χ2v) is 9.80. The number of fused-ring (bicyclic) bond motifs is 1. The van der Waals surface area contributed by atoms with Crippen molar-refractivity contribution in [1.82, 2.24) is 20.7 Å². The summed E-state index contributed by atoms with van der Waals surface area (Å²) in [6.07, 6.45) is 1.49. The molecule has 3 aliphatic heterocycles. The minimum absolute atomic E-state index is 0.00860. The fourth-order valence-corrected chi connectivity index (χ4v) is 5.21. The quantitative estimate of drug-likeness (QED) is 0.535. The molecule has 38 heavy (non-hydrogen) atoms. The Balaban J connectivity index is 1.26. The second-order valence-electron chi connectivity index (χ2n) is 9.80. The van der Waals surface area contributed by atoms with Crippen LogP contribution in [0.2, 0.25) is 0 Å². The molecule has 10 heteroatoms. The fourth-order valence-electron chi connectivity index (χ4n) is 5.21. The number of hydrogen-bond acceptors (Lipinski definition) is 7. The van der Waals surface area contributed by atoms with Crippen LogP contribution in [0.3, 0.4) is 0 Å². The molecule has 2 aromatic carbocycles. The number of nitrogens with one attached hydrogen (secondary N) is 2. The summed E-state index contributed by atoms with van der Waals surface area (Å²) in [6, 6.07) is 16.1. The van der Waals surface area contributed by atoms with E-state index >= 15 is 0 Å². The van der Waals surface area contributed by atoms with Crippen molar-refractivity contribution >= 4 is 23.7 Å². The number of esters is 1. The van der Waals surface area contributed by atoms with Crippen LogP contribution >= 0.6 is 0 Å². The highest BCUT2D eigenvalue weighted by Crippen LogP contribution is 2.26. The molecule has 0 bridgehead atoms. The van der Waals surface area contributed by atoms with Crippen molar-refractivity contribution in [2.75, 3.05) is 13.1 Å². The van der Waals surface area contributed by atoms with Gasteiger partial charge in [-0.25, -0.2) is 5.01 Å². The van der Waals surface area contributed by atoms with Gasteiger partial charge in [-0.2, -0.15) is 0 Å². The molecule has 0 radical (unpaired) electrons. The fraction of sp³-hybridized carbons (Fsp3) is 0.429. The lowest BCUT2D eigenvalue weighted by Crippen LogP contribution is -2.63. The molecular formula is C28H32N4O6. The number of nitrogens with zero attached hydrogens (tertiary/aromatic N) is 2. The highest BCUT2D eigenvalue weighted by Gasteiger charge is 2.44. The molecule has 0 aromatic heterocycles. The topological polar surface area (TPSA) is 117 Å². The Morgan fingerprint density at radius 2 is 1.61 bits per heavy atom. The van der Waals surface area contributed by atoms with E-state index in [1.807, 2.05) is 41.4 Å². The van der Waals surface area contributed by atoms with E-state index in [4.69, 9.17) is 9.47 Å². The van der Waals surface area contributed by atoms with Gasteiger partial charge in [0, 0.05) is 18.7 Å². The van der Waals surface area contributed by atoms with Crippen LogP contribution in [0.5, 0.6) is 0 Å². The van der Waals surface area contributed by atoms with Crippen LogP contribution in [0.1, 0.15) is 48.0 Å². The summed E-state index contributed by atoms with van der Waals surface area (Å²) >= 11 is 0. The summed E-state index contributed by atoms with van der Waals surface area (Å²) < 4.78 is 11.1. The van der Waals surface area contributed by atoms with Crippen molar-refractivity contribution in [3.05, 3.63) is 71.8 Å².